The van der Waals surface area contributed by atoms with E-state index >= 15 is 0 Å². The van der Waals surface area contributed by atoms with E-state index in [0.717, 1.165) is 44.4 Å². The van der Waals surface area contributed by atoms with Crippen molar-refractivity contribution in [3.05, 3.63) is 164 Å². The van der Waals surface area contributed by atoms with E-state index < -0.39 is 8.07 Å². The van der Waals surface area contributed by atoms with E-state index in [1.807, 2.05) is 18.2 Å². The van der Waals surface area contributed by atoms with Crippen molar-refractivity contribution in [3.8, 4) is 39.5 Å². The third-order valence-corrected chi connectivity index (χ3v) is 15.5. The number of hydrogen-bond donors (Lipinski definition) is 0. The molecule has 0 saturated heterocycles. The average molecular weight is 720 g/mol. The first-order valence-corrected chi connectivity index (χ1v) is 21.9. The van der Waals surface area contributed by atoms with E-state index in [4.69, 9.17) is 14.4 Å². The second-order valence-electron chi connectivity index (χ2n) is 15.4. The van der Waals surface area contributed by atoms with E-state index in [1.165, 1.54) is 59.5 Å². The van der Waals surface area contributed by atoms with Gasteiger partial charge in [-0.15, -0.1) is 0 Å². The monoisotopic (exact) mass is 719 g/mol. The molecule has 5 heteroatoms. The predicted molar refractivity (Wildman–Crippen MR) is 232 cm³/mol. The molecular formula is C50H33N3OSi. The van der Waals surface area contributed by atoms with Crippen molar-refractivity contribution in [2.24, 2.45) is 0 Å². The smallest absolute Gasteiger partial charge is 0.180 e. The van der Waals surface area contributed by atoms with Crippen LogP contribution in [0.2, 0.25) is 13.1 Å². The molecule has 258 valence electrons. The van der Waals surface area contributed by atoms with Gasteiger partial charge in [-0.05, 0) is 91.6 Å². The van der Waals surface area contributed by atoms with E-state index in [2.05, 4.69) is 163 Å². The maximum absolute atomic E-state index is 6.49. The van der Waals surface area contributed by atoms with Crippen LogP contribution >= 0.6 is 0 Å². The summed E-state index contributed by atoms with van der Waals surface area (Å²) in [5.41, 5.74) is 11.3. The summed E-state index contributed by atoms with van der Waals surface area (Å²) < 4.78 is 8.92. The molecule has 0 saturated carbocycles. The van der Waals surface area contributed by atoms with Gasteiger partial charge in [-0.3, -0.25) is 0 Å². The number of benzene rings is 8. The van der Waals surface area contributed by atoms with Crippen molar-refractivity contribution in [1.29, 1.82) is 0 Å². The van der Waals surface area contributed by atoms with E-state index in [1.54, 1.807) is 0 Å². The van der Waals surface area contributed by atoms with Gasteiger partial charge in [0.15, 0.2) is 11.4 Å². The van der Waals surface area contributed by atoms with Crippen LogP contribution < -0.4 is 10.4 Å². The number of hydrogen-bond acceptors (Lipinski definition) is 3. The Morgan fingerprint density at radius 1 is 0.509 bits per heavy atom. The second kappa shape index (κ2) is 11.1. The molecular weight excluding hydrogens is 687 g/mol. The van der Waals surface area contributed by atoms with Gasteiger partial charge < -0.3 is 8.98 Å². The molecule has 0 fully saturated rings. The maximum atomic E-state index is 6.49. The Morgan fingerprint density at radius 3 is 2.22 bits per heavy atom. The van der Waals surface area contributed by atoms with E-state index in [0.29, 0.717) is 11.4 Å². The van der Waals surface area contributed by atoms with Gasteiger partial charge in [0.1, 0.15) is 24.9 Å². The van der Waals surface area contributed by atoms with Gasteiger partial charge in [0.2, 0.25) is 0 Å². The van der Waals surface area contributed by atoms with Crippen molar-refractivity contribution in [2.45, 2.75) is 13.1 Å². The van der Waals surface area contributed by atoms with Crippen molar-refractivity contribution in [1.82, 2.24) is 14.5 Å². The number of nitrogens with zero attached hydrogens (tertiary/aromatic N) is 3. The SMILES string of the molecule is C[Si]1(C)c2ccccc2-c2c1ccc1cc3c4ccccc4n(-c4cccc(-c5nc(-c6ccc7ccccc7c6)c6oc7ccccc7c6n5)c4)c3cc21. The fraction of sp³-hybridized carbons (Fsp3) is 0.0400. The van der Waals surface area contributed by atoms with Crippen LogP contribution in [-0.2, 0) is 0 Å². The molecule has 0 spiro atoms. The summed E-state index contributed by atoms with van der Waals surface area (Å²) in [4.78, 5) is 10.5. The van der Waals surface area contributed by atoms with Crippen LogP contribution in [-0.4, -0.2) is 22.6 Å². The van der Waals surface area contributed by atoms with Crippen LogP contribution in [0.5, 0.6) is 0 Å². The van der Waals surface area contributed by atoms with Gasteiger partial charge in [-0.2, -0.15) is 0 Å². The highest BCUT2D eigenvalue weighted by molar-refractivity contribution is 7.04. The molecule has 0 N–H and O–H groups in total. The van der Waals surface area contributed by atoms with Gasteiger partial charge in [-0.1, -0.05) is 128 Å². The second-order valence-corrected chi connectivity index (χ2v) is 19.7. The molecule has 0 radical (unpaired) electrons. The fourth-order valence-electron chi connectivity index (χ4n) is 9.30. The minimum atomic E-state index is -1.82. The first-order chi connectivity index (χ1) is 27.0. The third-order valence-electron chi connectivity index (χ3n) is 12.0. The van der Waals surface area contributed by atoms with Gasteiger partial charge in [0.05, 0.1) is 11.0 Å². The Labute approximate surface area is 318 Å². The normalized spacial score (nSPS) is 13.4. The van der Waals surface area contributed by atoms with Gasteiger partial charge in [0.25, 0.3) is 0 Å². The molecule has 4 nitrogen and oxygen atoms in total. The van der Waals surface area contributed by atoms with Crippen molar-refractivity contribution in [2.75, 3.05) is 0 Å². The molecule has 0 unspecified atom stereocenters. The Balaban J connectivity index is 1.10. The van der Waals surface area contributed by atoms with Crippen LogP contribution in [0.4, 0.5) is 0 Å². The van der Waals surface area contributed by atoms with Crippen LogP contribution in [0.3, 0.4) is 0 Å². The minimum absolute atomic E-state index is 0.664. The molecule has 0 atom stereocenters. The quantitative estimate of drug-likeness (QED) is 0.171. The summed E-state index contributed by atoms with van der Waals surface area (Å²) in [5.74, 6) is 0.664. The number of fused-ring (bicyclic) bond motifs is 12. The molecule has 0 amide bonds. The maximum Gasteiger partial charge on any atom is 0.180 e. The highest BCUT2D eigenvalue weighted by atomic mass is 28.3. The Hall–Kier alpha value is -6.82. The lowest BCUT2D eigenvalue weighted by Crippen LogP contribution is -2.49. The van der Waals surface area contributed by atoms with Gasteiger partial charge in [-0.25, -0.2) is 9.97 Å². The number of rotatable bonds is 3. The highest BCUT2D eigenvalue weighted by Gasteiger charge is 2.38. The molecule has 8 aromatic carbocycles. The van der Waals surface area contributed by atoms with E-state index in [-0.39, 0.29) is 0 Å². The summed E-state index contributed by atoms with van der Waals surface area (Å²) in [7, 11) is -1.82. The molecule has 4 heterocycles. The van der Waals surface area contributed by atoms with Crippen LogP contribution in [0.25, 0.3) is 105 Å². The zero-order valence-electron chi connectivity index (χ0n) is 30.3. The summed E-state index contributed by atoms with van der Waals surface area (Å²) in [5, 5.41) is 11.4. The van der Waals surface area contributed by atoms with Gasteiger partial charge >= 0.3 is 0 Å². The minimum Gasteiger partial charge on any atom is -0.452 e. The lowest BCUT2D eigenvalue weighted by Gasteiger charge is -2.18. The van der Waals surface area contributed by atoms with E-state index in [9.17, 15) is 0 Å². The summed E-state index contributed by atoms with van der Waals surface area (Å²) in [6.07, 6.45) is 0. The molecule has 12 rings (SSSR count). The fourth-order valence-corrected chi connectivity index (χ4v) is 12.4. The number of furan rings is 1. The topological polar surface area (TPSA) is 43.9 Å². The predicted octanol–water partition coefficient (Wildman–Crippen LogP) is 11.9. The Bertz CT molecular complexity index is 3430. The number of para-hydroxylation sites is 2. The molecule has 55 heavy (non-hydrogen) atoms. The van der Waals surface area contributed by atoms with Crippen LogP contribution in [0.1, 0.15) is 0 Å². The van der Waals surface area contributed by atoms with Crippen LogP contribution in [0, 0.1) is 0 Å². The third kappa shape index (κ3) is 4.33. The largest absolute Gasteiger partial charge is 0.452 e. The Kier molecular flexibility index (Phi) is 6.18. The zero-order valence-corrected chi connectivity index (χ0v) is 31.3. The number of aromatic nitrogens is 3. The highest BCUT2D eigenvalue weighted by Crippen LogP contribution is 2.41. The summed E-state index contributed by atoms with van der Waals surface area (Å²) in [6, 6.07) is 59.2. The lowest BCUT2D eigenvalue weighted by molar-refractivity contribution is 0.667. The van der Waals surface area contributed by atoms with Crippen molar-refractivity contribution >= 4 is 83.9 Å². The van der Waals surface area contributed by atoms with Crippen molar-refractivity contribution in [3.63, 3.8) is 0 Å². The van der Waals surface area contributed by atoms with Crippen molar-refractivity contribution < 1.29 is 4.42 Å². The van der Waals surface area contributed by atoms with Crippen LogP contribution in [0.15, 0.2) is 168 Å². The van der Waals surface area contributed by atoms with Gasteiger partial charge in [0, 0.05) is 33.0 Å². The molecule has 0 bridgehead atoms. The standard InChI is InChI=1S/C50H33N3OSi/c1-55(2)44-21-10-7-18-38(44)46-39-29-42-40(28-32(39)24-25-45(46)55)36-16-5-8-19-41(36)53(42)35-15-11-14-34(27-35)50-51-47(33-23-22-30-12-3-4-13-31(30)26-33)49-48(52-50)37-17-6-9-20-43(37)54-49/h3-29H,1-2H3. The first-order valence-electron chi connectivity index (χ1n) is 18.9. The molecule has 0 aliphatic carbocycles. The Morgan fingerprint density at radius 2 is 1.29 bits per heavy atom. The molecule has 3 aromatic heterocycles. The summed E-state index contributed by atoms with van der Waals surface area (Å²) >= 11 is 0. The molecule has 11 aromatic rings. The first kappa shape index (κ1) is 30.6. The molecule has 1 aliphatic heterocycles. The lowest BCUT2D eigenvalue weighted by atomic mass is 9.97. The summed E-state index contributed by atoms with van der Waals surface area (Å²) in [6.45, 7) is 4.98. The average Bonchev–Trinajstić information content (AvgIpc) is 3.85. The molecule has 1 aliphatic rings. The zero-order chi connectivity index (χ0) is 36.4.